The van der Waals surface area contributed by atoms with Crippen molar-refractivity contribution >= 4 is 6.03 Å². The quantitative estimate of drug-likeness (QED) is 0.582. The molecule has 1 aliphatic heterocycles. The minimum Gasteiger partial charge on any atom is -0.491 e. The van der Waals surface area contributed by atoms with Crippen LogP contribution in [-0.2, 0) is 30.9 Å². The number of carbonyl (C=O) groups is 1. The van der Waals surface area contributed by atoms with Gasteiger partial charge in [0.2, 0.25) is 0 Å². The van der Waals surface area contributed by atoms with Crippen molar-refractivity contribution in [3.05, 3.63) is 101 Å². The van der Waals surface area contributed by atoms with Crippen LogP contribution in [0.1, 0.15) is 27.8 Å². The number of nitrogens with one attached hydrogen (secondary N) is 1. The molecule has 166 valence electrons. The minimum absolute atomic E-state index is 0.0570. The first-order chi connectivity index (χ1) is 15.7. The van der Waals surface area contributed by atoms with E-state index in [-0.39, 0.29) is 6.03 Å². The first kappa shape index (κ1) is 21.9. The number of nitrogens with zero attached hydrogens (tertiary/aromatic N) is 1. The van der Waals surface area contributed by atoms with Crippen molar-refractivity contribution in [1.29, 1.82) is 0 Å². The highest BCUT2D eigenvalue weighted by Gasteiger charge is 2.20. The van der Waals surface area contributed by atoms with Gasteiger partial charge in [0.15, 0.2) is 0 Å². The number of aryl methyl sites for hydroxylation is 1. The van der Waals surface area contributed by atoms with E-state index in [1.165, 1.54) is 11.1 Å². The zero-order valence-corrected chi connectivity index (χ0v) is 18.5. The summed E-state index contributed by atoms with van der Waals surface area (Å²) in [6.07, 6.45) is 0.815. The van der Waals surface area contributed by atoms with Crippen LogP contribution >= 0.6 is 0 Å². The minimum atomic E-state index is -0.0570. The van der Waals surface area contributed by atoms with Crippen molar-refractivity contribution in [1.82, 2.24) is 10.2 Å². The molecule has 0 fully saturated rings. The molecule has 0 radical (unpaired) electrons. The van der Waals surface area contributed by atoms with Crippen LogP contribution in [0.25, 0.3) is 0 Å². The van der Waals surface area contributed by atoms with Crippen molar-refractivity contribution in [3.8, 4) is 5.75 Å². The highest BCUT2D eigenvalue weighted by molar-refractivity contribution is 5.74. The first-order valence-corrected chi connectivity index (χ1v) is 11.1. The van der Waals surface area contributed by atoms with Gasteiger partial charge in [0.1, 0.15) is 12.4 Å². The molecule has 3 aromatic rings. The second kappa shape index (κ2) is 10.8. The molecule has 0 saturated heterocycles. The highest BCUT2D eigenvalue weighted by Crippen LogP contribution is 2.25. The number of carbonyl (C=O) groups excluding carboxylic acids is 1. The summed E-state index contributed by atoms with van der Waals surface area (Å²) < 4.78 is 11.8. The van der Waals surface area contributed by atoms with Gasteiger partial charge in [0.25, 0.3) is 0 Å². The Kier molecular flexibility index (Phi) is 7.41. The van der Waals surface area contributed by atoms with Gasteiger partial charge in [-0.3, -0.25) is 0 Å². The number of hydrogen-bond acceptors (Lipinski definition) is 3. The molecule has 4 rings (SSSR count). The molecule has 0 atom stereocenters. The third-order valence-corrected chi connectivity index (χ3v) is 5.58. The van der Waals surface area contributed by atoms with Gasteiger partial charge in [-0.25, -0.2) is 4.79 Å². The zero-order valence-electron chi connectivity index (χ0n) is 18.5. The second-order valence-electron chi connectivity index (χ2n) is 8.16. The molecule has 0 bridgehead atoms. The predicted octanol–water partition coefficient (Wildman–Crippen LogP) is 4.86. The Morgan fingerprint density at radius 2 is 1.72 bits per heavy atom. The third-order valence-electron chi connectivity index (χ3n) is 5.58. The van der Waals surface area contributed by atoms with Crippen LogP contribution in [0.2, 0.25) is 0 Å². The lowest BCUT2D eigenvalue weighted by atomic mass is 10.1. The lowest BCUT2D eigenvalue weighted by Crippen LogP contribution is -2.41. The Morgan fingerprint density at radius 1 is 0.969 bits per heavy atom. The van der Waals surface area contributed by atoms with Crippen LogP contribution in [0.4, 0.5) is 4.79 Å². The van der Waals surface area contributed by atoms with Crippen LogP contribution < -0.4 is 10.1 Å². The summed E-state index contributed by atoms with van der Waals surface area (Å²) in [5.41, 5.74) is 5.70. The monoisotopic (exact) mass is 430 g/mol. The van der Waals surface area contributed by atoms with Crippen molar-refractivity contribution in [2.45, 2.75) is 33.1 Å². The molecule has 2 amide bonds. The molecule has 3 aromatic carbocycles. The topological polar surface area (TPSA) is 50.8 Å². The maximum atomic E-state index is 12.7. The second-order valence-corrected chi connectivity index (χ2v) is 8.16. The van der Waals surface area contributed by atoms with Crippen molar-refractivity contribution in [2.24, 2.45) is 0 Å². The standard InChI is InChI=1S/C27H30N2O3/c1-21-7-9-23(10-8-21)19-31-20-24-11-12-26-25(17-24)18-29(15-16-32-26)27(30)28-14-13-22-5-3-2-4-6-22/h2-12,17H,13-16,18-20H2,1H3,(H,28,30). The van der Waals surface area contributed by atoms with Gasteiger partial charge in [-0.15, -0.1) is 0 Å². The van der Waals surface area contributed by atoms with Crippen LogP contribution in [0.5, 0.6) is 5.75 Å². The Labute approximate surface area is 190 Å². The van der Waals surface area contributed by atoms with Gasteiger partial charge in [-0.2, -0.15) is 0 Å². The van der Waals surface area contributed by atoms with E-state index < -0.39 is 0 Å². The van der Waals surface area contributed by atoms with E-state index in [1.54, 1.807) is 0 Å². The van der Waals surface area contributed by atoms with Crippen molar-refractivity contribution in [2.75, 3.05) is 19.7 Å². The van der Waals surface area contributed by atoms with E-state index in [9.17, 15) is 4.79 Å². The Balaban J connectivity index is 1.30. The molecule has 0 aromatic heterocycles. The van der Waals surface area contributed by atoms with E-state index in [2.05, 4.69) is 54.7 Å². The summed E-state index contributed by atoms with van der Waals surface area (Å²) in [6.45, 7) is 5.36. The number of ether oxygens (including phenoxy) is 2. The molecule has 1 aliphatic rings. The molecule has 0 unspecified atom stereocenters. The molecule has 0 saturated carbocycles. The SMILES string of the molecule is Cc1ccc(COCc2ccc3c(c2)CN(C(=O)NCCc2ccccc2)CCO3)cc1. The third kappa shape index (κ3) is 6.11. The number of urea groups is 1. The molecule has 5 nitrogen and oxygen atoms in total. The number of rotatable bonds is 7. The summed E-state index contributed by atoms with van der Waals surface area (Å²) in [6, 6.07) is 24.6. The molecule has 1 N–H and O–H groups in total. The van der Waals surface area contributed by atoms with Gasteiger partial charge in [0.05, 0.1) is 26.3 Å². The summed E-state index contributed by atoms with van der Waals surface area (Å²) in [4.78, 5) is 14.5. The zero-order chi connectivity index (χ0) is 22.2. The van der Waals surface area contributed by atoms with Crippen LogP contribution in [0.15, 0.2) is 72.8 Å². The number of fused-ring (bicyclic) bond motifs is 1. The summed E-state index contributed by atoms with van der Waals surface area (Å²) >= 11 is 0. The fraction of sp³-hybridized carbons (Fsp3) is 0.296. The molecule has 32 heavy (non-hydrogen) atoms. The number of hydrogen-bond donors (Lipinski definition) is 1. The van der Waals surface area contributed by atoms with Gasteiger partial charge in [0, 0.05) is 12.1 Å². The van der Waals surface area contributed by atoms with E-state index in [0.717, 1.165) is 28.9 Å². The van der Waals surface area contributed by atoms with E-state index in [1.807, 2.05) is 35.2 Å². The average molecular weight is 431 g/mol. The van der Waals surface area contributed by atoms with Crippen LogP contribution in [0, 0.1) is 6.92 Å². The average Bonchev–Trinajstić information content (AvgIpc) is 3.03. The van der Waals surface area contributed by atoms with Gasteiger partial charge < -0.3 is 19.7 Å². The first-order valence-electron chi connectivity index (χ1n) is 11.1. The number of benzene rings is 3. The summed E-state index contributed by atoms with van der Waals surface area (Å²) in [7, 11) is 0. The van der Waals surface area contributed by atoms with Gasteiger partial charge in [-0.1, -0.05) is 66.2 Å². The predicted molar refractivity (Wildman–Crippen MR) is 126 cm³/mol. The Hall–Kier alpha value is -3.31. The lowest BCUT2D eigenvalue weighted by molar-refractivity contribution is 0.107. The van der Waals surface area contributed by atoms with Gasteiger partial charge >= 0.3 is 6.03 Å². The maximum absolute atomic E-state index is 12.7. The molecule has 5 heteroatoms. The van der Waals surface area contributed by atoms with Crippen molar-refractivity contribution < 1.29 is 14.3 Å². The molecule has 0 spiro atoms. The summed E-state index contributed by atoms with van der Waals surface area (Å²) in [5.74, 6) is 0.840. The Morgan fingerprint density at radius 3 is 2.53 bits per heavy atom. The largest absolute Gasteiger partial charge is 0.491 e. The van der Waals surface area contributed by atoms with Crippen molar-refractivity contribution in [3.63, 3.8) is 0 Å². The molecule has 1 heterocycles. The van der Waals surface area contributed by atoms with E-state index in [4.69, 9.17) is 9.47 Å². The number of amides is 2. The molecular formula is C27H30N2O3. The summed E-state index contributed by atoms with van der Waals surface area (Å²) in [5, 5.41) is 3.04. The normalized spacial score (nSPS) is 13.1. The molecule has 0 aliphatic carbocycles. The van der Waals surface area contributed by atoms with Crippen LogP contribution in [0.3, 0.4) is 0 Å². The fourth-order valence-electron chi connectivity index (χ4n) is 3.75. The Bertz CT molecular complexity index is 1020. The van der Waals surface area contributed by atoms with Gasteiger partial charge in [-0.05, 0) is 42.2 Å². The highest BCUT2D eigenvalue weighted by atomic mass is 16.5. The smallest absolute Gasteiger partial charge is 0.317 e. The molecular weight excluding hydrogens is 400 g/mol. The van der Waals surface area contributed by atoms with E-state index >= 15 is 0 Å². The van der Waals surface area contributed by atoms with Crippen LogP contribution in [-0.4, -0.2) is 30.6 Å². The fourth-order valence-corrected chi connectivity index (χ4v) is 3.75. The van der Waals surface area contributed by atoms with E-state index in [0.29, 0.717) is 39.5 Å². The maximum Gasteiger partial charge on any atom is 0.317 e. The lowest BCUT2D eigenvalue weighted by Gasteiger charge is -2.20.